The Kier molecular flexibility index (Phi) is 2.90. The molecule has 1 rings (SSSR count). The average Bonchev–Trinajstić information content (AvgIpc) is 1.94. The van der Waals surface area contributed by atoms with E-state index in [2.05, 4.69) is 6.92 Å². The summed E-state index contributed by atoms with van der Waals surface area (Å²) in [7, 11) is 0. The van der Waals surface area contributed by atoms with Crippen LogP contribution in [0.3, 0.4) is 0 Å². The molecule has 0 aliphatic heterocycles. The number of hydrogen-bond donors (Lipinski definition) is 2. The van der Waals surface area contributed by atoms with Gasteiger partial charge in [-0.25, -0.2) is 0 Å². The van der Waals surface area contributed by atoms with Crippen LogP contribution < -0.4 is 11.5 Å². The van der Waals surface area contributed by atoms with E-state index in [0.717, 1.165) is 18.8 Å². The third kappa shape index (κ3) is 2.80. The van der Waals surface area contributed by atoms with Crippen molar-refractivity contribution in [2.45, 2.75) is 51.1 Å². The molecule has 0 aromatic heterocycles. The van der Waals surface area contributed by atoms with Gasteiger partial charge in [0.2, 0.25) is 0 Å². The van der Waals surface area contributed by atoms with Crippen LogP contribution in [0.1, 0.15) is 45.4 Å². The molecule has 0 bridgehead atoms. The lowest BCUT2D eigenvalue weighted by molar-refractivity contribution is 0.230. The molecule has 2 nitrogen and oxygen atoms in total. The van der Waals surface area contributed by atoms with Crippen LogP contribution in [0.5, 0.6) is 0 Å². The highest BCUT2D eigenvalue weighted by molar-refractivity contribution is 4.83. The summed E-state index contributed by atoms with van der Waals surface area (Å²) < 4.78 is 0. The monoisotopic (exact) mass is 156 g/mol. The molecule has 1 aliphatic carbocycles. The second kappa shape index (κ2) is 3.55. The maximum atomic E-state index is 5.81. The molecule has 0 atom stereocenters. The summed E-state index contributed by atoms with van der Waals surface area (Å²) in [4.78, 5) is 0. The molecular formula is C9H20N2. The van der Waals surface area contributed by atoms with E-state index >= 15 is 0 Å². The van der Waals surface area contributed by atoms with Crippen LogP contribution in [0.25, 0.3) is 0 Å². The maximum absolute atomic E-state index is 5.81. The summed E-state index contributed by atoms with van der Waals surface area (Å²) in [6.45, 7) is 2.24. The van der Waals surface area contributed by atoms with Crippen LogP contribution >= 0.6 is 0 Å². The Morgan fingerprint density at radius 2 is 1.82 bits per heavy atom. The van der Waals surface area contributed by atoms with Gasteiger partial charge in [-0.2, -0.15) is 0 Å². The second-order valence-corrected chi connectivity index (χ2v) is 3.97. The third-order valence-corrected chi connectivity index (χ3v) is 2.73. The molecule has 0 spiro atoms. The predicted molar refractivity (Wildman–Crippen MR) is 48.0 cm³/mol. The summed E-state index contributed by atoms with van der Waals surface area (Å²) in [5.41, 5.74) is 11.3. The molecule has 0 heterocycles. The van der Waals surface area contributed by atoms with Crippen LogP contribution in [0.4, 0.5) is 0 Å². The van der Waals surface area contributed by atoms with Crippen molar-refractivity contribution in [3.8, 4) is 0 Å². The number of nitrogens with two attached hydrogens (primary N) is 2. The van der Waals surface area contributed by atoms with Crippen molar-refractivity contribution in [1.82, 2.24) is 0 Å². The summed E-state index contributed by atoms with van der Waals surface area (Å²) in [5, 5.41) is 0. The van der Waals surface area contributed by atoms with Gasteiger partial charge in [0.05, 0.1) is 5.66 Å². The predicted octanol–water partition coefficient (Wildman–Crippen LogP) is 1.59. The number of hydrogen-bond acceptors (Lipinski definition) is 2. The highest BCUT2D eigenvalue weighted by Crippen LogP contribution is 2.29. The van der Waals surface area contributed by atoms with Gasteiger partial charge in [0.1, 0.15) is 0 Å². The summed E-state index contributed by atoms with van der Waals surface area (Å²) in [6.07, 6.45) is 7.15. The zero-order valence-electron chi connectivity index (χ0n) is 7.47. The maximum Gasteiger partial charge on any atom is 0.0636 e. The first-order chi connectivity index (χ1) is 5.14. The Hall–Kier alpha value is -0.0800. The fourth-order valence-corrected chi connectivity index (χ4v) is 1.91. The van der Waals surface area contributed by atoms with Gasteiger partial charge in [0.15, 0.2) is 0 Å². The molecule has 2 heteroatoms. The second-order valence-electron chi connectivity index (χ2n) is 3.97. The van der Waals surface area contributed by atoms with Crippen molar-refractivity contribution in [3.05, 3.63) is 0 Å². The van der Waals surface area contributed by atoms with Gasteiger partial charge < -0.3 is 11.5 Å². The first-order valence-corrected chi connectivity index (χ1v) is 4.72. The van der Waals surface area contributed by atoms with E-state index in [1.807, 2.05) is 0 Å². The molecule has 0 radical (unpaired) electrons. The highest BCUT2D eigenvalue weighted by Gasteiger charge is 2.26. The Morgan fingerprint density at radius 3 is 2.27 bits per heavy atom. The van der Waals surface area contributed by atoms with Crippen LogP contribution in [0.2, 0.25) is 0 Å². The van der Waals surface area contributed by atoms with E-state index in [0.29, 0.717) is 0 Å². The Labute approximate surface area is 69.3 Å². The van der Waals surface area contributed by atoms with E-state index < -0.39 is 0 Å². The quantitative estimate of drug-likeness (QED) is 0.596. The zero-order valence-corrected chi connectivity index (χ0v) is 7.47. The standard InChI is InChI=1S/C9H20N2/c1-2-3-8-4-6-9(10,11)7-5-8/h8H,2-7,10-11H2,1H3. The average molecular weight is 156 g/mol. The summed E-state index contributed by atoms with van der Waals surface area (Å²) in [5.74, 6) is 0.903. The zero-order chi connectivity index (χ0) is 8.32. The first-order valence-electron chi connectivity index (χ1n) is 4.72. The molecule has 0 saturated heterocycles. The van der Waals surface area contributed by atoms with Gasteiger partial charge in [-0.15, -0.1) is 0 Å². The van der Waals surface area contributed by atoms with Gasteiger partial charge in [-0.05, 0) is 31.6 Å². The minimum atomic E-state index is -0.343. The normalized spacial score (nSPS) is 25.4. The van der Waals surface area contributed by atoms with E-state index in [-0.39, 0.29) is 5.66 Å². The molecule has 1 fully saturated rings. The van der Waals surface area contributed by atoms with Crippen LogP contribution in [-0.4, -0.2) is 5.66 Å². The lowest BCUT2D eigenvalue weighted by atomic mass is 9.81. The Morgan fingerprint density at radius 1 is 1.27 bits per heavy atom. The lowest BCUT2D eigenvalue weighted by Crippen LogP contribution is -2.51. The van der Waals surface area contributed by atoms with Crippen molar-refractivity contribution in [1.29, 1.82) is 0 Å². The van der Waals surface area contributed by atoms with Crippen molar-refractivity contribution in [2.24, 2.45) is 17.4 Å². The molecular weight excluding hydrogens is 136 g/mol. The summed E-state index contributed by atoms with van der Waals surface area (Å²) in [6, 6.07) is 0. The fourth-order valence-electron chi connectivity index (χ4n) is 1.91. The van der Waals surface area contributed by atoms with Crippen LogP contribution in [0, 0.1) is 5.92 Å². The molecule has 66 valence electrons. The van der Waals surface area contributed by atoms with Gasteiger partial charge in [-0.3, -0.25) is 0 Å². The molecule has 0 amide bonds. The number of rotatable bonds is 2. The molecule has 4 N–H and O–H groups in total. The lowest BCUT2D eigenvalue weighted by Gasteiger charge is -2.33. The first kappa shape index (κ1) is 9.01. The molecule has 0 unspecified atom stereocenters. The van der Waals surface area contributed by atoms with Crippen molar-refractivity contribution in [2.75, 3.05) is 0 Å². The SMILES string of the molecule is CCCC1CCC(N)(N)CC1. The fraction of sp³-hybridized carbons (Fsp3) is 1.00. The minimum Gasteiger partial charge on any atom is -0.313 e. The Bertz CT molecular complexity index is 111. The van der Waals surface area contributed by atoms with E-state index in [9.17, 15) is 0 Å². The van der Waals surface area contributed by atoms with Crippen LogP contribution in [0.15, 0.2) is 0 Å². The molecule has 1 saturated carbocycles. The van der Waals surface area contributed by atoms with Gasteiger partial charge >= 0.3 is 0 Å². The molecule has 0 aromatic carbocycles. The van der Waals surface area contributed by atoms with Gasteiger partial charge in [0, 0.05) is 0 Å². The minimum absolute atomic E-state index is 0.343. The smallest absolute Gasteiger partial charge is 0.0636 e. The van der Waals surface area contributed by atoms with Gasteiger partial charge in [-0.1, -0.05) is 19.8 Å². The van der Waals surface area contributed by atoms with Crippen LogP contribution in [-0.2, 0) is 0 Å². The van der Waals surface area contributed by atoms with Crippen molar-refractivity contribution in [3.63, 3.8) is 0 Å². The summed E-state index contributed by atoms with van der Waals surface area (Å²) >= 11 is 0. The Balaban J connectivity index is 2.25. The topological polar surface area (TPSA) is 52.0 Å². The van der Waals surface area contributed by atoms with Crippen molar-refractivity contribution >= 4 is 0 Å². The van der Waals surface area contributed by atoms with Gasteiger partial charge in [0.25, 0.3) is 0 Å². The third-order valence-electron chi connectivity index (χ3n) is 2.73. The molecule has 1 aliphatic rings. The highest BCUT2D eigenvalue weighted by atomic mass is 15.0. The molecule has 0 aromatic rings. The largest absolute Gasteiger partial charge is 0.313 e. The van der Waals surface area contributed by atoms with E-state index in [4.69, 9.17) is 11.5 Å². The van der Waals surface area contributed by atoms with E-state index in [1.54, 1.807) is 0 Å². The molecule has 11 heavy (non-hydrogen) atoms. The van der Waals surface area contributed by atoms with E-state index in [1.165, 1.54) is 25.7 Å². The van der Waals surface area contributed by atoms with Crippen molar-refractivity contribution < 1.29 is 0 Å².